The Labute approximate surface area is 202 Å². The summed E-state index contributed by atoms with van der Waals surface area (Å²) in [5.74, 6) is 2.17. The Morgan fingerprint density at radius 3 is 2.58 bits per heavy atom. The van der Waals surface area contributed by atoms with Crippen LogP contribution in [0.2, 0.25) is 0 Å². The number of nitrogens with one attached hydrogen (secondary N) is 2. The quantitative estimate of drug-likeness (QED) is 0.243. The van der Waals surface area contributed by atoms with Crippen LogP contribution in [-0.2, 0) is 13.1 Å². The molecule has 6 nitrogen and oxygen atoms in total. The molecular formula is C24H32IN5O. The maximum atomic E-state index is 5.23. The van der Waals surface area contributed by atoms with Gasteiger partial charge in [0.05, 0.1) is 13.4 Å². The Bertz CT molecular complexity index is 925. The minimum Gasteiger partial charge on any atom is -0.497 e. The molecule has 0 saturated carbocycles. The number of aromatic nitrogens is 2. The third-order valence-electron chi connectivity index (χ3n) is 5.15. The third kappa shape index (κ3) is 7.90. The van der Waals surface area contributed by atoms with Gasteiger partial charge in [-0.05, 0) is 41.2 Å². The Kier molecular flexibility index (Phi) is 10.4. The first-order valence-corrected chi connectivity index (χ1v) is 10.3. The molecule has 166 valence electrons. The summed E-state index contributed by atoms with van der Waals surface area (Å²) in [6.45, 7) is 4.65. The summed E-state index contributed by atoms with van der Waals surface area (Å²) in [6.07, 6.45) is 6.64. The minimum absolute atomic E-state index is 0. The number of benzene rings is 2. The molecule has 0 bridgehead atoms. The van der Waals surface area contributed by atoms with Crippen molar-refractivity contribution in [3.63, 3.8) is 0 Å². The van der Waals surface area contributed by atoms with Crippen molar-refractivity contribution in [2.45, 2.75) is 32.4 Å². The SMILES string of the molecule is CN=C(NCCC(C)c1ccc(OC)cc1)NCc1cccc(Cn2ccnc2)c1.I. The van der Waals surface area contributed by atoms with Crippen LogP contribution in [0.3, 0.4) is 0 Å². The van der Waals surface area contributed by atoms with Crippen LogP contribution in [0, 0.1) is 0 Å². The highest BCUT2D eigenvalue weighted by atomic mass is 127. The first-order chi connectivity index (χ1) is 14.7. The van der Waals surface area contributed by atoms with Crippen LogP contribution in [0.25, 0.3) is 0 Å². The highest BCUT2D eigenvalue weighted by Gasteiger charge is 2.07. The molecule has 0 saturated heterocycles. The average Bonchev–Trinajstić information content (AvgIpc) is 3.29. The lowest BCUT2D eigenvalue weighted by Gasteiger charge is -2.16. The van der Waals surface area contributed by atoms with Crippen molar-refractivity contribution in [1.29, 1.82) is 0 Å². The first-order valence-electron chi connectivity index (χ1n) is 10.3. The van der Waals surface area contributed by atoms with E-state index < -0.39 is 0 Å². The number of hydrogen-bond acceptors (Lipinski definition) is 3. The number of rotatable bonds is 9. The second-order valence-electron chi connectivity index (χ2n) is 7.37. The van der Waals surface area contributed by atoms with Crippen molar-refractivity contribution in [3.8, 4) is 5.75 Å². The monoisotopic (exact) mass is 533 g/mol. The molecule has 2 aromatic carbocycles. The van der Waals surface area contributed by atoms with E-state index in [0.717, 1.165) is 37.8 Å². The van der Waals surface area contributed by atoms with Crippen LogP contribution in [0.5, 0.6) is 5.75 Å². The first kappa shape index (κ1) is 24.7. The lowest BCUT2D eigenvalue weighted by Crippen LogP contribution is -2.37. The highest BCUT2D eigenvalue weighted by molar-refractivity contribution is 14.0. The fraction of sp³-hybridized carbons (Fsp3) is 0.333. The summed E-state index contributed by atoms with van der Waals surface area (Å²) in [5, 5.41) is 6.82. The van der Waals surface area contributed by atoms with E-state index in [4.69, 9.17) is 4.74 Å². The van der Waals surface area contributed by atoms with Crippen LogP contribution in [0.1, 0.15) is 36.0 Å². The zero-order chi connectivity index (χ0) is 21.2. The molecule has 0 aliphatic rings. The number of hydrogen-bond donors (Lipinski definition) is 2. The average molecular weight is 533 g/mol. The molecule has 1 unspecified atom stereocenters. The molecule has 3 aromatic rings. The number of nitrogens with zero attached hydrogens (tertiary/aromatic N) is 3. The molecule has 31 heavy (non-hydrogen) atoms. The molecule has 7 heteroatoms. The summed E-state index contributed by atoms with van der Waals surface area (Å²) in [6, 6.07) is 16.9. The Morgan fingerprint density at radius 1 is 1.13 bits per heavy atom. The van der Waals surface area contributed by atoms with Crippen molar-refractivity contribution in [1.82, 2.24) is 20.2 Å². The Hall–Kier alpha value is -2.55. The van der Waals surface area contributed by atoms with Gasteiger partial charge in [-0.1, -0.05) is 43.3 Å². The van der Waals surface area contributed by atoms with E-state index in [1.807, 2.05) is 24.7 Å². The summed E-state index contributed by atoms with van der Waals surface area (Å²) in [7, 11) is 3.49. The zero-order valence-corrected chi connectivity index (χ0v) is 20.7. The van der Waals surface area contributed by atoms with Crippen LogP contribution >= 0.6 is 24.0 Å². The Balaban J connectivity index is 0.00000341. The van der Waals surface area contributed by atoms with Crippen molar-refractivity contribution >= 4 is 29.9 Å². The zero-order valence-electron chi connectivity index (χ0n) is 18.4. The molecule has 1 atom stereocenters. The standard InChI is InChI=1S/C24H31N5O.HI/c1-19(22-7-9-23(30-3)10-8-22)11-12-27-24(25-2)28-16-20-5-4-6-21(15-20)17-29-14-13-26-18-29;/h4-10,13-15,18-19H,11-12,16-17H2,1-3H3,(H2,25,27,28);1H. The molecule has 3 rings (SSSR count). The van der Waals surface area contributed by atoms with Crippen molar-refractivity contribution in [3.05, 3.63) is 83.9 Å². The van der Waals surface area contributed by atoms with Gasteiger partial charge in [0.2, 0.25) is 0 Å². The van der Waals surface area contributed by atoms with Gasteiger partial charge in [0, 0.05) is 39.1 Å². The molecule has 0 amide bonds. The van der Waals surface area contributed by atoms with E-state index >= 15 is 0 Å². The number of methoxy groups -OCH3 is 1. The van der Waals surface area contributed by atoms with Crippen LogP contribution in [0.15, 0.2) is 72.2 Å². The highest BCUT2D eigenvalue weighted by Crippen LogP contribution is 2.21. The van der Waals surface area contributed by atoms with Crippen LogP contribution in [0.4, 0.5) is 0 Å². The van der Waals surface area contributed by atoms with Crippen LogP contribution in [-0.4, -0.2) is 36.2 Å². The Morgan fingerprint density at radius 2 is 1.90 bits per heavy atom. The molecule has 2 N–H and O–H groups in total. The predicted octanol–water partition coefficient (Wildman–Crippen LogP) is 4.42. The number of aliphatic imine (C=N–C) groups is 1. The maximum Gasteiger partial charge on any atom is 0.191 e. The second-order valence-corrected chi connectivity index (χ2v) is 7.37. The number of halogens is 1. The fourth-order valence-corrected chi connectivity index (χ4v) is 3.34. The summed E-state index contributed by atoms with van der Waals surface area (Å²) in [5.41, 5.74) is 3.79. The summed E-state index contributed by atoms with van der Waals surface area (Å²) in [4.78, 5) is 8.44. The molecule has 0 aliphatic carbocycles. The van der Waals surface area contributed by atoms with E-state index in [1.54, 1.807) is 20.4 Å². The predicted molar refractivity (Wildman–Crippen MR) is 137 cm³/mol. The third-order valence-corrected chi connectivity index (χ3v) is 5.15. The second kappa shape index (κ2) is 13.0. The van der Waals surface area contributed by atoms with Gasteiger partial charge in [-0.25, -0.2) is 4.98 Å². The number of guanidine groups is 1. The number of imidazole rings is 1. The van der Waals surface area contributed by atoms with Gasteiger partial charge in [-0.2, -0.15) is 0 Å². The molecule has 1 aromatic heterocycles. The lowest BCUT2D eigenvalue weighted by atomic mass is 9.98. The summed E-state index contributed by atoms with van der Waals surface area (Å²) >= 11 is 0. The molecule has 0 fully saturated rings. The summed E-state index contributed by atoms with van der Waals surface area (Å²) < 4.78 is 7.30. The van der Waals surface area contributed by atoms with E-state index in [1.165, 1.54) is 16.7 Å². The molecule has 0 radical (unpaired) electrons. The van der Waals surface area contributed by atoms with Gasteiger partial charge in [0.25, 0.3) is 0 Å². The lowest BCUT2D eigenvalue weighted by molar-refractivity contribution is 0.414. The minimum atomic E-state index is 0. The molecule has 0 spiro atoms. The topological polar surface area (TPSA) is 63.5 Å². The van der Waals surface area contributed by atoms with Gasteiger partial charge in [-0.15, -0.1) is 24.0 Å². The van der Waals surface area contributed by atoms with E-state index in [-0.39, 0.29) is 24.0 Å². The van der Waals surface area contributed by atoms with Crippen molar-refractivity contribution < 1.29 is 4.74 Å². The largest absolute Gasteiger partial charge is 0.497 e. The van der Waals surface area contributed by atoms with Crippen molar-refractivity contribution in [2.24, 2.45) is 4.99 Å². The van der Waals surface area contributed by atoms with E-state index in [9.17, 15) is 0 Å². The fourth-order valence-electron chi connectivity index (χ4n) is 3.34. The van der Waals surface area contributed by atoms with Crippen molar-refractivity contribution in [2.75, 3.05) is 20.7 Å². The van der Waals surface area contributed by atoms with Gasteiger partial charge < -0.3 is 19.9 Å². The van der Waals surface area contributed by atoms with Gasteiger partial charge in [0.1, 0.15) is 5.75 Å². The van der Waals surface area contributed by atoms with Gasteiger partial charge >= 0.3 is 0 Å². The smallest absolute Gasteiger partial charge is 0.191 e. The molecule has 1 heterocycles. The van der Waals surface area contributed by atoms with Crippen LogP contribution < -0.4 is 15.4 Å². The molecular weight excluding hydrogens is 501 g/mol. The van der Waals surface area contributed by atoms with E-state index in [0.29, 0.717) is 5.92 Å². The maximum absolute atomic E-state index is 5.23. The van der Waals surface area contributed by atoms with Gasteiger partial charge in [-0.3, -0.25) is 4.99 Å². The molecule has 0 aliphatic heterocycles. The van der Waals surface area contributed by atoms with Gasteiger partial charge in [0.15, 0.2) is 5.96 Å². The number of ether oxygens (including phenoxy) is 1. The van der Waals surface area contributed by atoms with E-state index in [2.05, 4.69) is 68.5 Å². The normalized spacial score (nSPS) is 12.0.